The number of rotatable bonds is 4. The Hall–Kier alpha value is -3.29. The number of hydrogen-bond acceptors (Lipinski definition) is 5. The monoisotopic (exact) mass is 407 g/mol. The van der Waals surface area contributed by atoms with Gasteiger partial charge in [-0.15, -0.1) is 0 Å². The average molecular weight is 407 g/mol. The molecule has 156 valence electrons. The van der Waals surface area contributed by atoms with Crippen molar-refractivity contribution in [2.24, 2.45) is 5.92 Å². The van der Waals surface area contributed by atoms with Crippen LogP contribution in [-0.2, 0) is 16.1 Å². The van der Waals surface area contributed by atoms with E-state index in [0.29, 0.717) is 51.4 Å². The van der Waals surface area contributed by atoms with E-state index in [9.17, 15) is 14.4 Å². The molecule has 0 N–H and O–H groups in total. The fourth-order valence-corrected chi connectivity index (χ4v) is 4.06. The summed E-state index contributed by atoms with van der Waals surface area (Å²) in [5.74, 6) is -0.454. The van der Waals surface area contributed by atoms with E-state index in [-0.39, 0.29) is 30.1 Å². The topological polar surface area (TPSA) is 86.7 Å². The number of carbonyl (C=O) groups excluding carboxylic acids is 3. The number of aromatic nitrogens is 2. The summed E-state index contributed by atoms with van der Waals surface area (Å²) in [5, 5.41) is 0. The van der Waals surface area contributed by atoms with Gasteiger partial charge in [0.1, 0.15) is 5.69 Å². The number of hydrogen-bond donors (Lipinski definition) is 0. The second kappa shape index (κ2) is 9.02. The molecule has 0 saturated carbocycles. The van der Waals surface area contributed by atoms with Crippen molar-refractivity contribution < 1.29 is 14.4 Å². The second-order valence-electron chi connectivity index (χ2n) is 7.72. The summed E-state index contributed by atoms with van der Waals surface area (Å²) in [7, 11) is 0. The van der Waals surface area contributed by atoms with Gasteiger partial charge >= 0.3 is 0 Å². The first-order chi connectivity index (χ1) is 14.6. The predicted octanol–water partition coefficient (Wildman–Crippen LogP) is 1.20. The number of carbonyl (C=O) groups is 3. The molecule has 2 aromatic rings. The summed E-state index contributed by atoms with van der Waals surface area (Å²) in [5.41, 5.74) is 1.38. The van der Waals surface area contributed by atoms with Crippen molar-refractivity contribution in [3.63, 3.8) is 0 Å². The highest BCUT2D eigenvalue weighted by molar-refractivity contribution is 5.92. The van der Waals surface area contributed by atoms with Gasteiger partial charge in [-0.2, -0.15) is 0 Å². The van der Waals surface area contributed by atoms with Crippen LogP contribution in [-0.4, -0.2) is 75.1 Å². The van der Waals surface area contributed by atoms with E-state index in [1.807, 2.05) is 30.3 Å². The van der Waals surface area contributed by atoms with Gasteiger partial charge in [0.15, 0.2) is 0 Å². The lowest BCUT2D eigenvalue weighted by Gasteiger charge is -2.24. The van der Waals surface area contributed by atoms with Crippen molar-refractivity contribution >= 4 is 17.7 Å². The van der Waals surface area contributed by atoms with Crippen molar-refractivity contribution in [1.82, 2.24) is 24.7 Å². The molecular formula is C22H25N5O3. The second-order valence-corrected chi connectivity index (χ2v) is 7.72. The molecule has 1 aromatic carbocycles. The number of likely N-dealkylation sites (tertiary alicyclic amines) is 1. The number of amides is 3. The molecular weight excluding hydrogens is 382 g/mol. The Kier molecular flexibility index (Phi) is 6.02. The minimum atomic E-state index is -0.316. The van der Waals surface area contributed by atoms with Crippen molar-refractivity contribution in [2.45, 2.75) is 19.4 Å². The molecule has 0 radical (unpaired) electrons. The van der Waals surface area contributed by atoms with Crippen LogP contribution in [0, 0.1) is 5.92 Å². The Morgan fingerprint density at radius 2 is 1.77 bits per heavy atom. The zero-order valence-corrected chi connectivity index (χ0v) is 16.8. The first-order valence-corrected chi connectivity index (χ1v) is 10.3. The standard InChI is InChI=1S/C22H25N5O3/c28-20-13-18(16-27(20)15-17-5-2-1-3-6-17)21(29)25-9-4-10-26(12-11-25)22(30)19-14-23-7-8-24-19/h1-3,5-8,14,18H,4,9-13,15-16H2. The Balaban J connectivity index is 1.34. The van der Waals surface area contributed by atoms with Crippen LogP contribution >= 0.6 is 0 Å². The molecule has 3 amide bonds. The predicted molar refractivity (Wildman–Crippen MR) is 109 cm³/mol. The molecule has 0 bridgehead atoms. The van der Waals surface area contributed by atoms with Gasteiger partial charge in [-0.25, -0.2) is 4.98 Å². The van der Waals surface area contributed by atoms with Crippen LogP contribution < -0.4 is 0 Å². The van der Waals surface area contributed by atoms with Crippen molar-refractivity contribution in [3.05, 3.63) is 60.2 Å². The molecule has 2 fully saturated rings. The number of benzene rings is 1. The fraction of sp³-hybridized carbons (Fsp3) is 0.409. The zero-order chi connectivity index (χ0) is 20.9. The van der Waals surface area contributed by atoms with Crippen molar-refractivity contribution in [3.8, 4) is 0 Å². The molecule has 0 spiro atoms. The Bertz CT molecular complexity index is 906. The molecule has 2 aliphatic rings. The SMILES string of the molecule is O=C1CC(C(=O)N2CCCN(C(=O)c3cnccn3)CC2)CN1Cc1ccccc1. The summed E-state index contributed by atoms with van der Waals surface area (Å²) in [6.07, 6.45) is 5.45. The molecule has 1 atom stereocenters. The highest BCUT2D eigenvalue weighted by Gasteiger charge is 2.37. The van der Waals surface area contributed by atoms with Crippen LogP contribution in [0.3, 0.4) is 0 Å². The summed E-state index contributed by atoms with van der Waals surface area (Å²) in [4.78, 5) is 51.4. The largest absolute Gasteiger partial charge is 0.341 e. The lowest BCUT2D eigenvalue weighted by Crippen LogP contribution is -2.40. The van der Waals surface area contributed by atoms with E-state index in [2.05, 4.69) is 9.97 Å². The zero-order valence-electron chi connectivity index (χ0n) is 16.8. The van der Waals surface area contributed by atoms with Gasteiger partial charge in [0, 0.05) is 58.1 Å². The Labute approximate surface area is 175 Å². The van der Waals surface area contributed by atoms with Gasteiger partial charge in [0.25, 0.3) is 5.91 Å². The van der Waals surface area contributed by atoms with Gasteiger partial charge in [-0.1, -0.05) is 30.3 Å². The van der Waals surface area contributed by atoms with Gasteiger partial charge in [0.05, 0.1) is 12.1 Å². The average Bonchev–Trinajstić information content (AvgIpc) is 2.99. The maximum Gasteiger partial charge on any atom is 0.274 e. The molecule has 2 saturated heterocycles. The quantitative estimate of drug-likeness (QED) is 0.760. The molecule has 30 heavy (non-hydrogen) atoms. The van der Waals surface area contributed by atoms with E-state index in [4.69, 9.17) is 0 Å². The third kappa shape index (κ3) is 4.48. The van der Waals surface area contributed by atoms with Crippen LogP contribution in [0.2, 0.25) is 0 Å². The molecule has 4 rings (SSSR count). The molecule has 3 heterocycles. The smallest absolute Gasteiger partial charge is 0.274 e. The van der Waals surface area contributed by atoms with E-state index in [0.717, 1.165) is 5.56 Å². The normalized spacial score (nSPS) is 19.7. The van der Waals surface area contributed by atoms with Crippen LogP contribution in [0.15, 0.2) is 48.9 Å². The van der Waals surface area contributed by atoms with Crippen LogP contribution in [0.4, 0.5) is 0 Å². The van der Waals surface area contributed by atoms with E-state index < -0.39 is 0 Å². The highest BCUT2D eigenvalue weighted by Crippen LogP contribution is 2.23. The minimum absolute atomic E-state index is 0.00714. The first-order valence-electron chi connectivity index (χ1n) is 10.3. The highest BCUT2D eigenvalue weighted by atomic mass is 16.2. The third-order valence-corrected chi connectivity index (χ3v) is 5.66. The summed E-state index contributed by atoms with van der Waals surface area (Å²) in [6.45, 7) is 3.06. The summed E-state index contributed by atoms with van der Waals surface area (Å²) >= 11 is 0. The van der Waals surface area contributed by atoms with Crippen molar-refractivity contribution in [1.29, 1.82) is 0 Å². The van der Waals surface area contributed by atoms with E-state index >= 15 is 0 Å². The Morgan fingerprint density at radius 3 is 2.53 bits per heavy atom. The maximum atomic E-state index is 13.1. The molecule has 0 aliphatic carbocycles. The van der Waals surface area contributed by atoms with Gasteiger partial charge in [0.2, 0.25) is 11.8 Å². The summed E-state index contributed by atoms with van der Waals surface area (Å²) < 4.78 is 0. The number of nitrogens with zero attached hydrogens (tertiary/aromatic N) is 5. The lowest BCUT2D eigenvalue weighted by molar-refractivity contribution is -0.135. The van der Waals surface area contributed by atoms with Crippen LogP contribution in [0.1, 0.15) is 28.9 Å². The first kappa shape index (κ1) is 20.0. The van der Waals surface area contributed by atoms with E-state index in [1.54, 1.807) is 14.7 Å². The summed E-state index contributed by atoms with van der Waals surface area (Å²) in [6, 6.07) is 9.81. The molecule has 1 aromatic heterocycles. The van der Waals surface area contributed by atoms with Gasteiger partial charge < -0.3 is 14.7 Å². The molecule has 8 heteroatoms. The molecule has 2 aliphatic heterocycles. The maximum absolute atomic E-state index is 13.1. The fourth-order valence-electron chi connectivity index (χ4n) is 4.06. The van der Waals surface area contributed by atoms with E-state index in [1.165, 1.54) is 18.6 Å². The molecule has 1 unspecified atom stereocenters. The van der Waals surface area contributed by atoms with Crippen LogP contribution in [0.5, 0.6) is 0 Å². The Morgan fingerprint density at radius 1 is 1.00 bits per heavy atom. The van der Waals surface area contributed by atoms with Gasteiger partial charge in [-0.05, 0) is 12.0 Å². The third-order valence-electron chi connectivity index (χ3n) is 5.66. The van der Waals surface area contributed by atoms with Gasteiger partial charge in [-0.3, -0.25) is 19.4 Å². The minimum Gasteiger partial charge on any atom is -0.341 e. The lowest BCUT2D eigenvalue weighted by atomic mass is 10.1. The van der Waals surface area contributed by atoms with Crippen LogP contribution in [0.25, 0.3) is 0 Å². The van der Waals surface area contributed by atoms with Crippen molar-refractivity contribution in [2.75, 3.05) is 32.7 Å². The molecule has 8 nitrogen and oxygen atoms in total.